The first-order valence-electron chi connectivity index (χ1n) is 26.0. The van der Waals surface area contributed by atoms with Crippen LogP contribution >= 0.6 is 7.82 Å². The van der Waals surface area contributed by atoms with E-state index in [4.69, 9.17) is 18.5 Å². The molecule has 374 valence electrons. The van der Waals surface area contributed by atoms with Crippen molar-refractivity contribution in [3.8, 4) is 0 Å². The second-order valence-electron chi connectivity index (χ2n) is 18.1. The molecule has 0 radical (unpaired) electrons. The van der Waals surface area contributed by atoms with Crippen LogP contribution in [0.25, 0.3) is 0 Å². The van der Waals surface area contributed by atoms with Crippen LogP contribution in [0.1, 0.15) is 194 Å². The van der Waals surface area contributed by atoms with E-state index in [9.17, 15) is 14.3 Å². The van der Waals surface area contributed by atoms with Crippen LogP contribution < -0.4 is 4.89 Å². The number of esters is 1. The number of rotatable bonds is 47. The fraction of sp³-hybridized carbons (Fsp3) is 0.696. The number of carbonyl (C=O) groups is 1. The van der Waals surface area contributed by atoms with E-state index in [1.165, 1.54) is 77.0 Å². The van der Waals surface area contributed by atoms with Gasteiger partial charge in [0.15, 0.2) is 0 Å². The van der Waals surface area contributed by atoms with Gasteiger partial charge in [-0.2, -0.15) is 0 Å². The third kappa shape index (κ3) is 52.3. The molecule has 0 aliphatic carbocycles. The minimum absolute atomic E-state index is 0.0176. The van der Waals surface area contributed by atoms with Gasteiger partial charge in [-0.25, -0.2) is 0 Å². The van der Waals surface area contributed by atoms with Gasteiger partial charge in [0.2, 0.25) is 0 Å². The second-order valence-corrected chi connectivity index (χ2v) is 19.5. The fourth-order valence-electron chi connectivity index (χ4n) is 6.71. The van der Waals surface area contributed by atoms with Gasteiger partial charge in [-0.3, -0.25) is 9.36 Å². The van der Waals surface area contributed by atoms with Crippen LogP contribution in [0.4, 0.5) is 0 Å². The Morgan fingerprint density at radius 1 is 0.477 bits per heavy atom. The Labute approximate surface area is 400 Å². The monoisotopic (exact) mass is 928 g/mol. The SMILES string of the molecule is CC/C=C\C/C=C\C/C=C\C/C=C\CCCCCCCCCCCCC(=O)OC(COCCCCCCCCC/C=C\C/C=C\C/C=C\C/C=C\CC)COP(=O)([O-])OCC[N+](C)(C)C. The molecule has 0 aromatic rings. The molecule has 0 aromatic carbocycles. The number of quaternary nitrogens is 1. The molecule has 0 amide bonds. The number of phosphoric ester groups is 1. The Bertz CT molecular complexity index is 1360. The summed E-state index contributed by atoms with van der Waals surface area (Å²) in [6, 6.07) is 0. The molecule has 9 heteroatoms. The molecule has 0 aliphatic heterocycles. The van der Waals surface area contributed by atoms with Gasteiger partial charge in [-0.15, -0.1) is 0 Å². The van der Waals surface area contributed by atoms with Crippen molar-refractivity contribution in [2.75, 3.05) is 54.1 Å². The number of ether oxygens (including phenoxy) is 2. The minimum Gasteiger partial charge on any atom is -0.756 e. The maximum Gasteiger partial charge on any atom is 0.306 e. The van der Waals surface area contributed by atoms with E-state index in [0.29, 0.717) is 24.1 Å². The molecule has 0 aromatic heterocycles. The van der Waals surface area contributed by atoms with Crippen LogP contribution in [0, 0.1) is 0 Å². The van der Waals surface area contributed by atoms with Crippen LogP contribution in [0.5, 0.6) is 0 Å². The highest BCUT2D eigenvalue weighted by molar-refractivity contribution is 7.45. The lowest BCUT2D eigenvalue weighted by molar-refractivity contribution is -0.870. The first-order chi connectivity index (χ1) is 31.6. The average Bonchev–Trinajstić information content (AvgIpc) is 3.27. The Kier molecular flexibility index (Phi) is 46.0. The summed E-state index contributed by atoms with van der Waals surface area (Å²) in [5.74, 6) is -0.346. The molecular weight excluding hydrogens is 830 g/mol. The summed E-state index contributed by atoms with van der Waals surface area (Å²) in [6.07, 6.45) is 65.7. The van der Waals surface area contributed by atoms with Crippen molar-refractivity contribution in [2.24, 2.45) is 0 Å². The van der Waals surface area contributed by atoms with Gasteiger partial charge in [0.1, 0.15) is 19.3 Å². The van der Waals surface area contributed by atoms with Crippen molar-refractivity contribution >= 4 is 13.8 Å². The summed E-state index contributed by atoms with van der Waals surface area (Å²) in [4.78, 5) is 25.2. The summed E-state index contributed by atoms with van der Waals surface area (Å²) >= 11 is 0. The third-order valence-electron chi connectivity index (χ3n) is 10.6. The molecule has 0 rings (SSSR count). The van der Waals surface area contributed by atoms with Crippen molar-refractivity contribution in [3.63, 3.8) is 0 Å². The van der Waals surface area contributed by atoms with Gasteiger partial charge < -0.3 is 27.9 Å². The van der Waals surface area contributed by atoms with Crippen molar-refractivity contribution in [3.05, 3.63) is 97.2 Å². The number of hydrogen-bond donors (Lipinski definition) is 0. The highest BCUT2D eigenvalue weighted by atomic mass is 31.2. The van der Waals surface area contributed by atoms with Crippen molar-refractivity contribution in [1.29, 1.82) is 0 Å². The van der Waals surface area contributed by atoms with E-state index < -0.39 is 13.9 Å². The largest absolute Gasteiger partial charge is 0.756 e. The smallest absolute Gasteiger partial charge is 0.306 e. The first kappa shape index (κ1) is 62.4. The van der Waals surface area contributed by atoms with Crippen LogP contribution in [0.15, 0.2) is 97.2 Å². The van der Waals surface area contributed by atoms with E-state index in [1.54, 1.807) is 0 Å². The van der Waals surface area contributed by atoms with Gasteiger partial charge in [0, 0.05) is 13.0 Å². The first-order valence-corrected chi connectivity index (χ1v) is 27.4. The third-order valence-corrected chi connectivity index (χ3v) is 11.6. The predicted molar refractivity (Wildman–Crippen MR) is 277 cm³/mol. The van der Waals surface area contributed by atoms with Gasteiger partial charge in [0.25, 0.3) is 7.82 Å². The standard InChI is InChI=1S/C56H98NO7P/c1-6-8-10-12-14-16-18-20-22-24-26-28-29-30-31-33-35-37-39-41-43-45-47-49-56(58)64-55(54-63-65(59,60)62-52-50-57(3,4)5)53-61-51-48-46-44-42-40-38-36-34-32-27-25-23-21-19-17-15-13-11-9-7-2/h8-11,14-17,20-23,26-28,32,55H,6-7,12-13,18-19,24-25,29-31,33-54H2,1-5H3/b10-8-,11-9-,16-14-,17-15-,22-20-,23-21-,28-26-,32-27-. The number of phosphoric acid groups is 1. The molecule has 0 N–H and O–H groups in total. The topological polar surface area (TPSA) is 94.1 Å². The molecule has 8 nitrogen and oxygen atoms in total. The summed E-state index contributed by atoms with van der Waals surface area (Å²) in [7, 11) is 1.33. The van der Waals surface area contributed by atoms with E-state index in [1.807, 2.05) is 21.1 Å². The molecular formula is C56H98NO7P. The summed E-state index contributed by atoms with van der Waals surface area (Å²) in [5.41, 5.74) is 0. The Morgan fingerprint density at radius 2 is 0.846 bits per heavy atom. The number of hydrogen-bond acceptors (Lipinski definition) is 7. The van der Waals surface area contributed by atoms with Crippen LogP contribution in [-0.4, -0.2) is 70.7 Å². The maximum absolute atomic E-state index is 12.8. The molecule has 2 unspecified atom stereocenters. The number of carbonyl (C=O) groups excluding carboxylic acids is 1. The quantitative estimate of drug-likeness (QED) is 0.0197. The number of unbranched alkanes of at least 4 members (excludes halogenated alkanes) is 17. The van der Waals surface area contributed by atoms with Gasteiger partial charge in [-0.1, -0.05) is 195 Å². The Balaban J connectivity index is 4.18. The molecule has 0 bridgehead atoms. The van der Waals surface area contributed by atoms with Crippen LogP contribution in [0.2, 0.25) is 0 Å². The zero-order chi connectivity index (χ0) is 47.6. The molecule has 0 fully saturated rings. The van der Waals surface area contributed by atoms with Gasteiger partial charge >= 0.3 is 5.97 Å². The zero-order valence-corrected chi connectivity index (χ0v) is 43.3. The summed E-state index contributed by atoms with van der Waals surface area (Å²) in [5, 5.41) is 0. The summed E-state index contributed by atoms with van der Waals surface area (Å²) < 4.78 is 34.8. The average molecular weight is 928 g/mol. The lowest BCUT2D eigenvalue weighted by Gasteiger charge is -2.28. The molecule has 0 saturated carbocycles. The lowest BCUT2D eigenvalue weighted by atomic mass is 10.0. The van der Waals surface area contributed by atoms with Crippen molar-refractivity contribution < 1.29 is 37.3 Å². The molecule has 0 aliphatic rings. The molecule has 0 spiro atoms. The fourth-order valence-corrected chi connectivity index (χ4v) is 7.43. The molecule has 65 heavy (non-hydrogen) atoms. The van der Waals surface area contributed by atoms with E-state index >= 15 is 0 Å². The van der Waals surface area contributed by atoms with Crippen molar-refractivity contribution in [1.82, 2.24) is 0 Å². The normalized spacial score (nSPS) is 14.4. The maximum atomic E-state index is 12.8. The minimum atomic E-state index is -4.54. The second kappa shape index (κ2) is 47.9. The Hall–Kier alpha value is -2.58. The molecule has 0 saturated heterocycles. The predicted octanol–water partition coefficient (Wildman–Crippen LogP) is 15.5. The number of likely N-dealkylation sites (N-methyl/N-ethyl adjacent to an activating group) is 1. The summed E-state index contributed by atoms with van der Waals surface area (Å²) in [6.45, 7) is 5.15. The zero-order valence-electron chi connectivity index (χ0n) is 42.4. The van der Waals surface area contributed by atoms with Crippen LogP contribution in [-0.2, 0) is 27.9 Å². The van der Waals surface area contributed by atoms with Crippen molar-refractivity contribution in [2.45, 2.75) is 200 Å². The van der Waals surface area contributed by atoms with E-state index in [0.717, 1.165) is 96.3 Å². The molecule has 2 atom stereocenters. The van der Waals surface area contributed by atoms with Crippen LogP contribution in [0.3, 0.4) is 0 Å². The van der Waals surface area contributed by atoms with E-state index in [2.05, 4.69) is 111 Å². The number of allylic oxidation sites excluding steroid dienone is 16. The number of nitrogens with zero attached hydrogens (tertiary/aromatic N) is 1. The van der Waals surface area contributed by atoms with Gasteiger partial charge in [0.05, 0.1) is 34.4 Å². The lowest BCUT2D eigenvalue weighted by Crippen LogP contribution is -2.37. The van der Waals surface area contributed by atoms with E-state index in [-0.39, 0.29) is 25.8 Å². The molecule has 0 heterocycles. The highest BCUT2D eigenvalue weighted by Crippen LogP contribution is 2.38. The highest BCUT2D eigenvalue weighted by Gasteiger charge is 2.20. The van der Waals surface area contributed by atoms with Gasteiger partial charge in [-0.05, 0) is 89.9 Å². The Morgan fingerprint density at radius 3 is 1.26 bits per heavy atom.